The molecule has 0 aliphatic rings. The highest BCUT2D eigenvalue weighted by molar-refractivity contribution is 5.95. The molecule has 0 bridgehead atoms. The summed E-state index contributed by atoms with van der Waals surface area (Å²) in [6.45, 7) is 0.876. The Morgan fingerprint density at radius 2 is 1.90 bits per heavy atom. The molecule has 1 amide bonds. The van der Waals surface area contributed by atoms with Crippen molar-refractivity contribution in [3.8, 4) is 6.07 Å². The molecule has 1 aromatic carbocycles. The number of esters is 1. The number of carbonyl (C=O) groups is 2. The molecule has 0 fully saturated rings. The van der Waals surface area contributed by atoms with E-state index in [0.717, 1.165) is 24.3 Å². The highest BCUT2D eigenvalue weighted by Gasteiger charge is 2.30. The zero-order chi connectivity index (χ0) is 16.0. The van der Waals surface area contributed by atoms with Gasteiger partial charge in [0.05, 0.1) is 5.56 Å². The van der Waals surface area contributed by atoms with Crippen LogP contribution >= 0.6 is 0 Å². The summed E-state index contributed by atoms with van der Waals surface area (Å²) in [5.74, 6) is -1.53. The molecule has 1 atom stereocenters. The Morgan fingerprint density at radius 3 is 2.38 bits per heavy atom. The number of halogens is 3. The zero-order valence-electron chi connectivity index (χ0n) is 10.9. The Hall–Kier alpha value is -2.56. The molecule has 21 heavy (non-hydrogen) atoms. The van der Waals surface area contributed by atoms with Gasteiger partial charge < -0.3 is 10.1 Å². The third-order valence-corrected chi connectivity index (χ3v) is 2.36. The molecule has 1 rings (SSSR count). The highest BCUT2D eigenvalue weighted by Crippen LogP contribution is 2.28. The van der Waals surface area contributed by atoms with E-state index in [1.54, 1.807) is 6.07 Å². The van der Waals surface area contributed by atoms with E-state index in [2.05, 4.69) is 10.1 Å². The number of rotatable bonds is 4. The van der Waals surface area contributed by atoms with Crippen LogP contribution in [0.15, 0.2) is 24.3 Å². The molecule has 0 radical (unpaired) electrons. The van der Waals surface area contributed by atoms with Gasteiger partial charge in [-0.15, -0.1) is 0 Å². The van der Waals surface area contributed by atoms with Gasteiger partial charge in [-0.05, 0) is 31.2 Å². The fourth-order valence-electron chi connectivity index (χ4n) is 1.33. The number of carbonyl (C=O) groups excluding carboxylic acids is 2. The van der Waals surface area contributed by atoms with E-state index in [-0.39, 0.29) is 5.56 Å². The third-order valence-electron chi connectivity index (χ3n) is 2.36. The second kappa shape index (κ2) is 6.74. The molecule has 0 spiro atoms. The summed E-state index contributed by atoms with van der Waals surface area (Å²) in [7, 11) is 0. The van der Waals surface area contributed by atoms with Crippen molar-refractivity contribution in [2.24, 2.45) is 0 Å². The van der Waals surface area contributed by atoms with Crippen LogP contribution in [0, 0.1) is 11.3 Å². The zero-order valence-corrected chi connectivity index (χ0v) is 10.9. The molecule has 112 valence electrons. The van der Waals surface area contributed by atoms with Gasteiger partial charge >= 0.3 is 12.1 Å². The molecule has 0 aliphatic heterocycles. The average Bonchev–Trinajstić information content (AvgIpc) is 2.43. The Bertz CT molecular complexity index is 562. The van der Waals surface area contributed by atoms with Gasteiger partial charge in [0.15, 0.2) is 6.10 Å². The normalized spacial score (nSPS) is 12.1. The van der Waals surface area contributed by atoms with E-state index in [9.17, 15) is 22.8 Å². The largest absolute Gasteiger partial charge is 0.446 e. The standard InChI is InChI=1S/C13H11F3N2O3/c1-8(6-17)21-11(19)7-18-12(20)9-2-4-10(5-3-9)13(14,15)16/h2-5,8H,7H2,1H3,(H,18,20)/t8-/m1/s1. The summed E-state index contributed by atoms with van der Waals surface area (Å²) in [5, 5.41) is 10.6. The molecule has 0 heterocycles. The second-order valence-electron chi connectivity index (χ2n) is 4.02. The number of hydrogen-bond acceptors (Lipinski definition) is 4. The lowest BCUT2D eigenvalue weighted by Crippen LogP contribution is -2.31. The number of ether oxygens (including phenoxy) is 1. The first kappa shape index (κ1) is 16.5. The molecule has 8 heteroatoms. The molecule has 5 nitrogen and oxygen atoms in total. The van der Waals surface area contributed by atoms with E-state index in [4.69, 9.17) is 5.26 Å². The van der Waals surface area contributed by atoms with Crippen molar-refractivity contribution in [1.29, 1.82) is 5.26 Å². The number of hydrogen-bond donors (Lipinski definition) is 1. The molecule has 1 aromatic rings. The minimum atomic E-state index is -4.48. The highest BCUT2D eigenvalue weighted by atomic mass is 19.4. The van der Waals surface area contributed by atoms with Crippen molar-refractivity contribution in [2.45, 2.75) is 19.2 Å². The molecule has 0 aromatic heterocycles. The van der Waals surface area contributed by atoms with Gasteiger partial charge in [-0.25, -0.2) is 0 Å². The predicted octanol–water partition coefficient (Wildman–Crippen LogP) is 1.89. The first-order valence-electron chi connectivity index (χ1n) is 5.78. The fraction of sp³-hybridized carbons (Fsp3) is 0.308. The van der Waals surface area contributed by atoms with Crippen LogP contribution in [0.2, 0.25) is 0 Å². The van der Waals surface area contributed by atoms with Crippen molar-refractivity contribution >= 4 is 11.9 Å². The number of amides is 1. The molecular weight excluding hydrogens is 289 g/mol. The molecule has 0 aliphatic carbocycles. The van der Waals surface area contributed by atoms with Crippen LogP contribution in [0.3, 0.4) is 0 Å². The van der Waals surface area contributed by atoms with Crippen LogP contribution < -0.4 is 5.32 Å². The van der Waals surface area contributed by atoms with Gasteiger partial charge in [0.1, 0.15) is 12.6 Å². The van der Waals surface area contributed by atoms with E-state index < -0.39 is 36.3 Å². The Morgan fingerprint density at radius 1 is 1.33 bits per heavy atom. The van der Waals surface area contributed by atoms with Crippen LogP contribution in [0.5, 0.6) is 0 Å². The lowest BCUT2D eigenvalue weighted by Gasteiger charge is -2.09. The van der Waals surface area contributed by atoms with Crippen LogP contribution in [0.1, 0.15) is 22.8 Å². The fourth-order valence-corrected chi connectivity index (χ4v) is 1.33. The summed E-state index contributed by atoms with van der Waals surface area (Å²) in [4.78, 5) is 22.8. The monoisotopic (exact) mass is 300 g/mol. The molecule has 0 saturated carbocycles. The Balaban J connectivity index is 2.57. The van der Waals surface area contributed by atoms with Gasteiger partial charge in [0.2, 0.25) is 0 Å². The van der Waals surface area contributed by atoms with Gasteiger partial charge in [0, 0.05) is 5.56 Å². The number of nitrogens with one attached hydrogen (secondary N) is 1. The van der Waals surface area contributed by atoms with Gasteiger partial charge in [-0.3, -0.25) is 9.59 Å². The van der Waals surface area contributed by atoms with Crippen LogP contribution in [-0.4, -0.2) is 24.5 Å². The van der Waals surface area contributed by atoms with Crippen LogP contribution in [0.25, 0.3) is 0 Å². The van der Waals surface area contributed by atoms with E-state index in [0.29, 0.717) is 0 Å². The van der Waals surface area contributed by atoms with Crippen LogP contribution in [0.4, 0.5) is 13.2 Å². The van der Waals surface area contributed by atoms with Crippen molar-refractivity contribution in [3.63, 3.8) is 0 Å². The third kappa shape index (κ3) is 5.14. The maximum absolute atomic E-state index is 12.3. The molecule has 0 saturated heterocycles. The summed E-state index contributed by atoms with van der Waals surface area (Å²) >= 11 is 0. The smallest absolute Gasteiger partial charge is 0.416 e. The van der Waals surface area contributed by atoms with Crippen LogP contribution in [-0.2, 0) is 15.7 Å². The Kier molecular flexibility index (Phi) is 5.30. The molecule has 0 unspecified atom stereocenters. The van der Waals surface area contributed by atoms with Gasteiger partial charge in [-0.2, -0.15) is 18.4 Å². The predicted molar refractivity (Wildman–Crippen MR) is 64.9 cm³/mol. The van der Waals surface area contributed by atoms with Crippen molar-refractivity contribution < 1.29 is 27.5 Å². The molecule has 1 N–H and O–H groups in total. The quantitative estimate of drug-likeness (QED) is 0.861. The summed E-state index contributed by atoms with van der Waals surface area (Å²) in [6.07, 6.45) is -5.42. The molecular formula is C13H11F3N2O3. The van der Waals surface area contributed by atoms with E-state index >= 15 is 0 Å². The maximum atomic E-state index is 12.3. The number of benzene rings is 1. The Labute approximate surface area is 118 Å². The van der Waals surface area contributed by atoms with Gasteiger partial charge in [-0.1, -0.05) is 0 Å². The van der Waals surface area contributed by atoms with Crippen molar-refractivity contribution in [3.05, 3.63) is 35.4 Å². The minimum absolute atomic E-state index is 0.0240. The number of nitrogens with zero attached hydrogens (tertiary/aromatic N) is 1. The first-order valence-corrected chi connectivity index (χ1v) is 5.78. The number of alkyl halides is 3. The van der Waals surface area contributed by atoms with E-state index in [1.165, 1.54) is 6.92 Å². The van der Waals surface area contributed by atoms with Crippen molar-refractivity contribution in [2.75, 3.05) is 6.54 Å². The maximum Gasteiger partial charge on any atom is 0.416 e. The second-order valence-corrected chi connectivity index (χ2v) is 4.02. The van der Waals surface area contributed by atoms with Gasteiger partial charge in [0.25, 0.3) is 5.91 Å². The van der Waals surface area contributed by atoms with E-state index in [1.807, 2.05) is 0 Å². The van der Waals surface area contributed by atoms with Crippen molar-refractivity contribution in [1.82, 2.24) is 5.32 Å². The average molecular weight is 300 g/mol. The minimum Gasteiger partial charge on any atom is -0.446 e. The topological polar surface area (TPSA) is 79.2 Å². The number of nitriles is 1. The lowest BCUT2D eigenvalue weighted by molar-refractivity contribution is -0.144. The summed E-state index contributed by atoms with van der Waals surface area (Å²) < 4.78 is 41.6. The lowest BCUT2D eigenvalue weighted by atomic mass is 10.1. The first-order chi connectivity index (χ1) is 9.74. The SMILES string of the molecule is C[C@H](C#N)OC(=O)CNC(=O)c1ccc(C(F)(F)F)cc1. The summed E-state index contributed by atoms with van der Waals surface area (Å²) in [5.41, 5.74) is -0.898. The summed E-state index contributed by atoms with van der Waals surface area (Å²) in [6, 6.07) is 5.21.